The molecular formula is C56H36N2. The molecule has 270 valence electrons. The molecule has 0 unspecified atom stereocenters. The predicted molar refractivity (Wildman–Crippen MR) is 246 cm³/mol. The van der Waals surface area contributed by atoms with E-state index in [1.807, 2.05) is 0 Å². The normalized spacial score (nSPS) is 11.8. The average molecular weight is 737 g/mol. The summed E-state index contributed by atoms with van der Waals surface area (Å²) in [6.45, 7) is 0. The summed E-state index contributed by atoms with van der Waals surface area (Å²) in [7, 11) is 0. The number of nitrogens with zero attached hydrogens (tertiary/aromatic N) is 2. The highest BCUT2D eigenvalue weighted by atomic mass is 15.1. The molecule has 0 spiro atoms. The number of hydrogen-bond acceptors (Lipinski definition) is 0. The standard InChI is InChI=1S/C56H36N2/c1-4-17-37(18-5-1)53-50-34-33-49-48-29-14-15-30-52(48)57(55(49)56(50)58(41-22-8-3-9-23-41)54(53)38-19-6-2-7-20-38)42-24-16-21-39(35-42)40-31-32-47-45-27-11-10-25-43(45)44-26-12-13-28-46(44)51(47)36-40/h1-36H. The predicted octanol–water partition coefficient (Wildman–Crippen LogP) is 15.2. The van der Waals surface area contributed by atoms with E-state index < -0.39 is 0 Å². The molecule has 0 aliphatic heterocycles. The number of rotatable bonds is 5. The maximum absolute atomic E-state index is 2.51. The van der Waals surface area contributed by atoms with Crippen LogP contribution in [-0.2, 0) is 0 Å². The topological polar surface area (TPSA) is 9.86 Å². The first-order valence-corrected chi connectivity index (χ1v) is 20.0. The third-order valence-electron chi connectivity index (χ3n) is 12.1. The summed E-state index contributed by atoms with van der Waals surface area (Å²) in [5, 5.41) is 11.4. The monoisotopic (exact) mass is 736 g/mol. The molecule has 2 heteroatoms. The zero-order valence-corrected chi connectivity index (χ0v) is 31.7. The molecule has 0 atom stereocenters. The Kier molecular flexibility index (Phi) is 7.26. The van der Waals surface area contributed by atoms with E-state index in [0.29, 0.717) is 0 Å². The maximum Gasteiger partial charge on any atom is 0.0789 e. The van der Waals surface area contributed by atoms with E-state index in [1.165, 1.54) is 98.5 Å². The maximum atomic E-state index is 2.51. The number of hydrogen-bond donors (Lipinski definition) is 0. The van der Waals surface area contributed by atoms with Crippen LogP contribution < -0.4 is 0 Å². The van der Waals surface area contributed by atoms with E-state index in [1.54, 1.807) is 0 Å². The van der Waals surface area contributed by atoms with Gasteiger partial charge in [0.2, 0.25) is 0 Å². The van der Waals surface area contributed by atoms with Crippen LogP contribution in [0.25, 0.3) is 110 Å². The molecule has 10 aromatic carbocycles. The summed E-state index contributed by atoms with van der Waals surface area (Å²) in [5.74, 6) is 0. The van der Waals surface area contributed by atoms with Crippen molar-refractivity contribution in [2.45, 2.75) is 0 Å². The quantitative estimate of drug-likeness (QED) is 0.156. The third-order valence-corrected chi connectivity index (χ3v) is 12.1. The van der Waals surface area contributed by atoms with Crippen molar-refractivity contribution >= 4 is 65.0 Å². The average Bonchev–Trinajstić information content (AvgIpc) is 3.84. The van der Waals surface area contributed by atoms with Gasteiger partial charge in [-0.15, -0.1) is 0 Å². The van der Waals surface area contributed by atoms with E-state index >= 15 is 0 Å². The molecule has 2 nitrogen and oxygen atoms in total. The Labute approximate surface area is 336 Å². The van der Waals surface area contributed by atoms with Crippen LogP contribution in [0.2, 0.25) is 0 Å². The van der Waals surface area contributed by atoms with E-state index in [0.717, 1.165) is 11.4 Å². The smallest absolute Gasteiger partial charge is 0.0789 e. The summed E-state index contributed by atoms with van der Waals surface area (Å²) in [5.41, 5.74) is 13.0. The van der Waals surface area contributed by atoms with Crippen molar-refractivity contribution in [2.75, 3.05) is 0 Å². The highest BCUT2D eigenvalue weighted by molar-refractivity contribution is 6.26. The Morgan fingerprint density at radius 3 is 1.40 bits per heavy atom. The number of aromatic nitrogens is 2. The molecule has 0 aliphatic rings. The molecule has 12 aromatic rings. The van der Waals surface area contributed by atoms with Crippen LogP contribution in [0.4, 0.5) is 0 Å². The second-order valence-electron chi connectivity index (χ2n) is 15.2. The molecule has 58 heavy (non-hydrogen) atoms. The molecule has 0 fully saturated rings. The Bertz CT molecular complexity index is 3500. The van der Waals surface area contributed by atoms with Crippen LogP contribution in [0.3, 0.4) is 0 Å². The second kappa shape index (κ2) is 12.9. The van der Waals surface area contributed by atoms with Gasteiger partial charge in [-0.25, -0.2) is 0 Å². The SMILES string of the molecule is c1ccc(-c2c(-c3ccccc3)n(-c3ccccc3)c3c2ccc2c4ccccc4n(-c4cccc(-c5ccc6c7ccccc7c7ccccc7c6c5)c4)c23)cc1. The molecule has 0 N–H and O–H groups in total. The minimum Gasteiger partial charge on any atom is -0.307 e. The Morgan fingerprint density at radius 2 is 0.707 bits per heavy atom. The fourth-order valence-electron chi connectivity index (χ4n) is 9.60. The summed E-state index contributed by atoms with van der Waals surface area (Å²) in [6, 6.07) is 79.9. The lowest BCUT2D eigenvalue weighted by Gasteiger charge is -2.16. The van der Waals surface area contributed by atoms with Gasteiger partial charge in [0.25, 0.3) is 0 Å². The lowest BCUT2D eigenvalue weighted by atomic mass is 9.92. The van der Waals surface area contributed by atoms with E-state index in [2.05, 4.69) is 228 Å². The summed E-state index contributed by atoms with van der Waals surface area (Å²) in [4.78, 5) is 0. The van der Waals surface area contributed by atoms with Gasteiger partial charge in [0, 0.05) is 33.1 Å². The largest absolute Gasteiger partial charge is 0.307 e. The molecule has 0 saturated heterocycles. The third kappa shape index (κ3) is 4.85. The molecule has 2 aromatic heterocycles. The molecule has 12 rings (SSSR count). The zero-order valence-electron chi connectivity index (χ0n) is 31.7. The van der Waals surface area contributed by atoms with Crippen molar-refractivity contribution in [1.82, 2.24) is 9.13 Å². The number of para-hydroxylation sites is 2. The summed E-state index contributed by atoms with van der Waals surface area (Å²) >= 11 is 0. The van der Waals surface area contributed by atoms with Crippen LogP contribution in [-0.4, -0.2) is 9.13 Å². The van der Waals surface area contributed by atoms with Crippen LogP contribution in [0.15, 0.2) is 218 Å². The van der Waals surface area contributed by atoms with Gasteiger partial charge in [0.05, 0.1) is 22.2 Å². The fourth-order valence-corrected chi connectivity index (χ4v) is 9.60. The molecule has 0 saturated carbocycles. The molecule has 0 radical (unpaired) electrons. The number of fused-ring (bicyclic) bond motifs is 11. The Balaban J connectivity index is 1.18. The highest BCUT2D eigenvalue weighted by Crippen LogP contribution is 2.47. The lowest BCUT2D eigenvalue weighted by molar-refractivity contribution is 1.12. The molecular weight excluding hydrogens is 701 g/mol. The van der Waals surface area contributed by atoms with Gasteiger partial charge < -0.3 is 9.13 Å². The van der Waals surface area contributed by atoms with Gasteiger partial charge >= 0.3 is 0 Å². The van der Waals surface area contributed by atoms with Crippen LogP contribution in [0.5, 0.6) is 0 Å². The first-order chi connectivity index (χ1) is 28.8. The van der Waals surface area contributed by atoms with Gasteiger partial charge in [0.1, 0.15) is 0 Å². The lowest BCUT2D eigenvalue weighted by Crippen LogP contribution is -2.00. The van der Waals surface area contributed by atoms with E-state index in [9.17, 15) is 0 Å². The van der Waals surface area contributed by atoms with Gasteiger partial charge in [-0.2, -0.15) is 0 Å². The molecule has 0 aliphatic carbocycles. The van der Waals surface area contributed by atoms with Gasteiger partial charge in [-0.1, -0.05) is 182 Å². The summed E-state index contributed by atoms with van der Waals surface area (Å²) < 4.78 is 5.01. The minimum absolute atomic E-state index is 1.13. The minimum atomic E-state index is 1.13. The van der Waals surface area contributed by atoms with E-state index in [4.69, 9.17) is 0 Å². The molecule has 2 heterocycles. The summed E-state index contributed by atoms with van der Waals surface area (Å²) in [6.07, 6.45) is 0. The Hall–Kier alpha value is -7.68. The molecule has 0 bridgehead atoms. The molecule has 0 amide bonds. The van der Waals surface area contributed by atoms with Crippen molar-refractivity contribution in [3.8, 4) is 44.9 Å². The first kappa shape index (κ1) is 32.6. The van der Waals surface area contributed by atoms with Crippen molar-refractivity contribution in [1.29, 1.82) is 0 Å². The van der Waals surface area contributed by atoms with Crippen LogP contribution in [0.1, 0.15) is 0 Å². The fraction of sp³-hybridized carbons (Fsp3) is 0. The number of benzene rings is 10. The zero-order chi connectivity index (χ0) is 38.2. The Morgan fingerprint density at radius 1 is 0.241 bits per heavy atom. The van der Waals surface area contributed by atoms with E-state index in [-0.39, 0.29) is 0 Å². The van der Waals surface area contributed by atoms with Crippen LogP contribution in [0, 0.1) is 0 Å². The second-order valence-corrected chi connectivity index (χ2v) is 15.2. The van der Waals surface area contributed by atoms with Crippen LogP contribution >= 0.6 is 0 Å². The van der Waals surface area contributed by atoms with Crippen molar-refractivity contribution in [3.05, 3.63) is 218 Å². The van der Waals surface area contributed by atoms with Gasteiger partial charge in [-0.3, -0.25) is 0 Å². The van der Waals surface area contributed by atoms with Gasteiger partial charge in [-0.05, 0) is 91.0 Å². The van der Waals surface area contributed by atoms with Gasteiger partial charge in [0.15, 0.2) is 0 Å². The van der Waals surface area contributed by atoms with Crippen molar-refractivity contribution < 1.29 is 0 Å². The first-order valence-electron chi connectivity index (χ1n) is 20.0. The highest BCUT2D eigenvalue weighted by Gasteiger charge is 2.26. The van der Waals surface area contributed by atoms with Crippen molar-refractivity contribution in [3.63, 3.8) is 0 Å². The van der Waals surface area contributed by atoms with Crippen molar-refractivity contribution in [2.24, 2.45) is 0 Å².